The Balaban J connectivity index is 1.50. The molecule has 0 bridgehead atoms. The van der Waals surface area contributed by atoms with E-state index < -0.39 is 0 Å². The quantitative estimate of drug-likeness (QED) is 0.566. The maximum Gasteiger partial charge on any atom is 0.173 e. The van der Waals surface area contributed by atoms with Crippen molar-refractivity contribution in [1.82, 2.24) is 14.9 Å². The van der Waals surface area contributed by atoms with Gasteiger partial charge in [-0.15, -0.1) is 0 Å². The van der Waals surface area contributed by atoms with Gasteiger partial charge < -0.3 is 15.2 Å². The lowest BCUT2D eigenvalue weighted by Crippen LogP contribution is -2.41. The van der Waals surface area contributed by atoms with Crippen molar-refractivity contribution in [3.8, 4) is 0 Å². The number of imidazole rings is 1. The molecule has 1 aliphatic rings. The molecule has 0 amide bonds. The number of thiocarbonyl (C=S) groups is 1. The third kappa shape index (κ3) is 3.94. The number of piperidine rings is 1. The molecule has 1 atom stereocenters. The SMILES string of the molecule is Cc1cc2nc([C@H]3CCCN(C(=S)Nc4cccc(Cl)c4)C3)[nH]c2cc1C. The van der Waals surface area contributed by atoms with Gasteiger partial charge in [-0.2, -0.15) is 0 Å². The Morgan fingerprint density at radius 1 is 1.26 bits per heavy atom. The fourth-order valence-electron chi connectivity index (χ4n) is 3.64. The van der Waals surface area contributed by atoms with Gasteiger partial charge in [0, 0.05) is 29.7 Å². The summed E-state index contributed by atoms with van der Waals surface area (Å²) in [7, 11) is 0. The molecule has 27 heavy (non-hydrogen) atoms. The minimum atomic E-state index is 0.353. The van der Waals surface area contributed by atoms with E-state index in [-0.39, 0.29) is 0 Å². The Labute approximate surface area is 169 Å². The first kappa shape index (κ1) is 18.3. The molecule has 0 aliphatic carbocycles. The number of nitrogens with zero attached hydrogens (tertiary/aromatic N) is 2. The lowest BCUT2D eigenvalue weighted by molar-refractivity contribution is 0.307. The number of aromatic amines is 1. The highest BCUT2D eigenvalue weighted by atomic mass is 35.5. The van der Waals surface area contributed by atoms with E-state index in [2.05, 4.69) is 41.2 Å². The molecule has 140 valence electrons. The number of fused-ring (bicyclic) bond motifs is 1. The molecule has 0 radical (unpaired) electrons. The van der Waals surface area contributed by atoms with E-state index in [0.717, 1.165) is 53.6 Å². The van der Waals surface area contributed by atoms with Gasteiger partial charge in [0.05, 0.1) is 11.0 Å². The zero-order chi connectivity index (χ0) is 19.0. The molecule has 2 heterocycles. The summed E-state index contributed by atoms with van der Waals surface area (Å²) < 4.78 is 0. The summed E-state index contributed by atoms with van der Waals surface area (Å²) in [5.74, 6) is 1.41. The van der Waals surface area contributed by atoms with Crippen molar-refractivity contribution in [3.63, 3.8) is 0 Å². The Morgan fingerprint density at radius 2 is 2.07 bits per heavy atom. The van der Waals surface area contributed by atoms with Crippen LogP contribution in [0.2, 0.25) is 5.02 Å². The lowest BCUT2D eigenvalue weighted by Gasteiger charge is -2.33. The second-order valence-corrected chi connectivity index (χ2v) is 8.12. The largest absolute Gasteiger partial charge is 0.348 e. The Bertz CT molecular complexity index is 958. The Kier molecular flexibility index (Phi) is 5.06. The molecule has 0 saturated carbocycles. The minimum absolute atomic E-state index is 0.353. The van der Waals surface area contributed by atoms with Crippen LogP contribution in [0, 0.1) is 13.8 Å². The van der Waals surface area contributed by atoms with E-state index >= 15 is 0 Å². The Hall–Kier alpha value is -2.11. The smallest absolute Gasteiger partial charge is 0.173 e. The lowest BCUT2D eigenvalue weighted by atomic mass is 9.98. The van der Waals surface area contributed by atoms with Crippen molar-refractivity contribution in [1.29, 1.82) is 0 Å². The summed E-state index contributed by atoms with van der Waals surface area (Å²) in [6.07, 6.45) is 2.21. The molecular formula is C21H23ClN4S. The van der Waals surface area contributed by atoms with Gasteiger partial charge in [0.1, 0.15) is 5.82 Å². The maximum atomic E-state index is 6.07. The predicted molar refractivity (Wildman–Crippen MR) is 117 cm³/mol. The van der Waals surface area contributed by atoms with Crippen LogP contribution in [0.15, 0.2) is 36.4 Å². The van der Waals surface area contributed by atoms with Crippen molar-refractivity contribution >= 4 is 45.7 Å². The molecule has 1 aliphatic heterocycles. The molecule has 4 rings (SSSR count). The number of halogens is 1. The van der Waals surface area contributed by atoms with Crippen LogP contribution >= 0.6 is 23.8 Å². The van der Waals surface area contributed by atoms with E-state index in [4.69, 9.17) is 28.8 Å². The van der Waals surface area contributed by atoms with Gasteiger partial charge in [-0.25, -0.2) is 4.98 Å². The summed E-state index contributed by atoms with van der Waals surface area (Å²) in [4.78, 5) is 10.6. The van der Waals surface area contributed by atoms with Gasteiger partial charge in [0.15, 0.2) is 5.11 Å². The molecule has 2 N–H and O–H groups in total. The number of hydrogen-bond donors (Lipinski definition) is 2. The van der Waals surface area contributed by atoms with Gasteiger partial charge in [-0.05, 0) is 80.4 Å². The van der Waals surface area contributed by atoms with Crippen molar-refractivity contribution in [2.24, 2.45) is 0 Å². The number of aryl methyl sites for hydroxylation is 2. The van der Waals surface area contributed by atoms with Gasteiger partial charge >= 0.3 is 0 Å². The molecular weight excluding hydrogens is 376 g/mol. The number of H-pyrrole nitrogens is 1. The van der Waals surface area contributed by atoms with Crippen LogP contribution in [0.5, 0.6) is 0 Å². The maximum absolute atomic E-state index is 6.07. The van der Waals surface area contributed by atoms with Crippen molar-refractivity contribution in [2.75, 3.05) is 18.4 Å². The Morgan fingerprint density at radius 3 is 2.89 bits per heavy atom. The fourth-order valence-corrected chi connectivity index (χ4v) is 4.11. The van der Waals surface area contributed by atoms with Gasteiger partial charge in [0.25, 0.3) is 0 Å². The average molecular weight is 399 g/mol. The minimum Gasteiger partial charge on any atom is -0.348 e. The summed E-state index contributed by atoms with van der Waals surface area (Å²) in [5, 5.41) is 4.75. The first-order valence-electron chi connectivity index (χ1n) is 9.28. The first-order valence-corrected chi connectivity index (χ1v) is 10.1. The molecule has 3 aromatic rings. The van der Waals surface area contributed by atoms with Crippen LogP contribution < -0.4 is 5.32 Å². The third-order valence-electron chi connectivity index (χ3n) is 5.29. The molecule has 6 heteroatoms. The van der Waals surface area contributed by atoms with E-state index in [0.29, 0.717) is 10.9 Å². The van der Waals surface area contributed by atoms with E-state index in [9.17, 15) is 0 Å². The van der Waals surface area contributed by atoms with Crippen LogP contribution in [0.4, 0.5) is 5.69 Å². The highest BCUT2D eigenvalue weighted by Gasteiger charge is 2.25. The number of likely N-dealkylation sites (tertiary alicyclic amines) is 1. The van der Waals surface area contributed by atoms with Crippen LogP contribution in [0.25, 0.3) is 11.0 Å². The van der Waals surface area contributed by atoms with E-state index in [1.165, 1.54) is 11.1 Å². The van der Waals surface area contributed by atoms with Gasteiger partial charge in [0.2, 0.25) is 0 Å². The highest BCUT2D eigenvalue weighted by molar-refractivity contribution is 7.80. The van der Waals surface area contributed by atoms with Crippen LogP contribution in [0.1, 0.15) is 35.7 Å². The number of rotatable bonds is 2. The first-order chi connectivity index (χ1) is 13.0. The van der Waals surface area contributed by atoms with Crippen molar-refractivity contribution < 1.29 is 0 Å². The summed E-state index contributed by atoms with van der Waals surface area (Å²) in [5.41, 5.74) is 5.65. The molecule has 4 nitrogen and oxygen atoms in total. The highest BCUT2D eigenvalue weighted by Crippen LogP contribution is 2.28. The fraction of sp³-hybridized carbons (Fsp3) is 0.333. The van der Waals surface area contributed by atoms with Crippen LogP contribution in [-0.4, -0.2) is 33.1 Å². The van der Waals surface area contributed by atoms with Gasteiger partial charge in [-0.1, -0.05) is 17.7 Å². The predicted octanol–water partition coefficient (Wildman–Crippen LogP) is 5.41. The second-order valence-electron chi connectivity index (χ2n) is 7.30. The topological polar surface area (TPSA) is 44.0 Å². The number of hydrogen-bond acceptors (Lipinski definition) is 2. The van der Waals surface area contributed by atoms with E-state index in [1.54, 1.807) is 0 Å². The van der Waals surface area contributed by atoms with Crippen LogP contribution in [0.3, 0.4) is 0 Å². The summed E-state index contributed by atoms with van der Waals surface area (Å²) >= 11 is 11.7. The van der Waals surface area contributed by atoms with E-state index in [1.807, 2.05) is 24.3 Å². The zero-order valence-corrected chi connectivity index (χ0v) is 17.1. The van der Waals surface area contributed by atoms with Crippen LogP contribution in [-0.2, 0) is 0 Å². The molecule has 0 spiro atoms. The standard InChI is InChI=1S/C21H23ClN4S/c1-13-9-18-19(10-14(13)2)25-20(24-18)15-5-4-8-26(12-15)21(27)23-17-7-3-6-16(22)11-17/h3,6-7,9-11,15H,4-5,8,12H2,1-2H3,(H,23,27)(H,24,25)/t15-/m0/s1. The molecule has 0 unspecified atom stereocenters. The number of benzene rings is 2. The number of aromatic nitrogens is 2. The van der Waals surface area contributed by atoms with Crippen molar-refractivity contribution in [2.45, 2.75) is 32.6 Å². The number of nitrogens with one attached hydrogen (secondary N) is 2. The third-order valence-corrected chi connectivity index (χ3v) is 5.88. The second kappa shape index (κ2) is 7.49. The molecule has 2 aromatic carbocycles. The normalized spacial score (nSPS) is 17.3. The van der Waals surface area contributed by atoms with Gasteiger partial charge in [-0.3, -0.25) is 0 Å². The monoisotopic (exact) mass is 398 g/mol. The van der Waals surface area contributed by atoms with Crippen molar-refractivity contribution in [3.05, 3.63) is 58.4 Å². The summed E-state index contributed by atoms with van der Waals surface area (Å²) in [6, 6.07) is 12.0. The molecule has 1 fully saturated rings. The summed E-state index contributed by atoms with van der Waals surface area (Å²) in [6.45, 7) is 6.09. The molecule has 1 saturated heterocycles. The number of anilines is 1. The zero-order valence-electron chi connectivity index (χ0n) is 15.6. The molecule has 1 aromatic heterocycles. The average Bonchev–Trinajstić information content (AvgIpc) is 3.05.